The minimum absolute atomic E-state index is 0. The number of rotatable bonds is 1. The van der Waals surface area contributed by atoms with E-state index >= 15 is 0 Å². The molecule has 1 heterocycles. The maximum Gasteiger partial charge on any atom is 2.00 e. The average Bonchev–Trinajstić information content (AvgIpc) is 3.14. The van der Waals surface area contributed by atoms with Gasteiger partial charge in [-0.15, -0.1) is 12.2 Å². The Labute approximate surface area is 124 Å². The standard InChI is InChI=1S/C11H10NO.C5.Fe/c1-8(2)10-7-13-11(12-10)9-5-3-4-6-9;1-2-4-5-3-1;/h8,10H,7H2,1-2H3;;/q2*-1;+2/t10-;;/m1../s1. The predicted molar refractivity (Wildman–Crippen MR) is 67.5 cm³/mol. The molecule has 3 aliphatic rings. The van der Waals surface area contributed by atoms with E-state index in [2.05, 4.69) is 72.2 Å². The number of nitrogens with zero attached hydrogens (tertiary/aromatic N) is 1. The van der Waals surface area contributed by atoms with Crippen LogP contribution in [-0.2, 0) is 21.8 Å². The van der Waals surface area contributed by atoms with E-state index in [4.69, 9.17) is 4.74 Å². The summed E-state index contributed by atoms with van der Waals surface area (Å²) in [7, 11) is 0. The smallest absolute Gasteiger partial charge is 0.647 e. The number of hydrogen-bond donors (Lipinski definition) is 0. The average molecular weight is 288 g/mol. The molecule has 0 spiro atoms. The van der Waals surface area contributed by atoms with Crippen LogP contribution in [0.4, 0.5) is 0 Å². The minimum atomic E-state index is 0. The van der Waals surface area contributed by atoms with Crippen molar-refractivity contribution in [3.63, 3.8) is 0 Å². The van der Waals surface area contributed by atoms with E-state index in [1.165, 1.54) is 0 Å². The van der Waals surface area contributed by atoms with Crippen LogP contribution in [0.1, 0.15) is 13.8 Å². The van der Waals surface area contributed by atoms with Gasteiger partial charge in [0, 0.05) is 5.88 Å². The summed E-state index contributed by atoms with van der Waals surface area (Å²) in [5.41, 5.74) is 8.24. The van der Waals surface area contributed by atoms with Crippen molar-refractivity contribution in [2.24, 2.45) is 5.92 Å². The van der Waals surface area contributed by atoms with Crippen LogP contribution in [-0.4, -0.2) is 12.6 Å². The van der Waals surface area contributed by atoms with Crippen molar-refractivity contribution in [2.45, 2.75) is 19.9 Å². The molecule has 0 aromatic carbocycles. The summed E-state index contributed by atoms with van der Waals surface area (Å²) in [5, 5.41) is 4.42. The molecule has 0 amide bonds. The molecule has 0 aromatic rings. The SMILES string of the molecule is CC(C)[C@H]1COC(=C2C#CC#C2)[N-]1.[C]1=C=C=C=[C-]1.[Fe+2]. The molecule has 1 aliphatic heterocycles. The Morgan fingerprint density at radius 2 is 2.00 bits per heavy atom. The zero-order valence-electron chi connectivity index (χ0n) is 10.6. The zero-order valence-corrected chi connectivity index (χ0v) is 11.7. The van der Waals surface area contributed by atoms with Crippen LogP contribution in [0.25, 0.3) is 5.32 Å². The van der Waals surface area contributed by atoms with Gasteiger partial charge in [0.1, 0.15) is 0 Å². The van der Waals surface area contributed by atoms with E-state index in [9.17, 15) is 0 Å². The molecule has 0 aromatic heterocycles. The molecule has 2 aliphatic carbocycles. The molecular formula is C16H10FeNO. The third-order valence-corrected chi connectivity index (χ3v) is 2.41. The van der Waals surface area contributed by atoms with E-state index in [-0.39, 0.29) is 23.1 Å². The second-order valence-corrected chi connectivity index (χ2v) is 4.06. The Hall–Kier alpha value is -1.94. The first-order valence-electron chi connectivity index (χ1n) is 5.62. The van der Waals surface area contributed by atoms with Gasteiger partial charge in [-0.3, -0.25) is 11.5 Å². The predicted octanol–water partition coefficient (Wildman–Crippen LogP) is 2.27. The molecule has 0 N–H and O–H groups in total. The van der Waals surface area contributed by atoms with Gasteiger partial charge in [0.25, 0.3) is 0 Å². The quantitative estimate of drug-likeness (QED) is 0.314. The van der Waals surface area contributed by atoms with Crippen LogP contribution in [0, 0.1) is 41.8 Å². The molecule has 1 radical (unpaired) electrons. The van der Waals surface area contributed by atoms with Crippen LogP contribution in [0.2, 0.25) is 0 Å². The molecule has 0 unspecified atom stereocenters. The summed E-state index contributed by atoms with van der Waals surface area (Å²) in [5.74, 6) is 12.2. The summed E-state index contributed by atoms with van der Waals surface area (Å²) in [4.78, 5) is 0. The normalized spacial score (nSPS) is 18.8. The molecule has 1 saturated heterocycles. The van der Waals surface area contributed by atoms with Crippen molar-refractivity contribution >= 4 is 0 Å². The van der Waals surface area contributed by atoms with Gasteiger partial charge >= 0.3 is 17.1 Å². The summed E-state index contributed by atoms with van der Waals surface area (Å²) < 4.78 is 5.42. The van der Waals surface area contributed by atoms with Crippen LogP contribution in [0.3, 0.4) is 0 Å². The summed E-state index contributed by atoms with van der Waals surface area (Å²) in [6.45, 7) is 4.94. The molecule has 1 atom stereocenters. The number of hydrogen-bond acceptors (Lipinski definition) is 1. The Morgan fingerprint density at radius 3 is 2.42 bits per heavy atom. The molecule has 1 fully saturated rings. The topological polar surface area (TPSA) is 23.3 Å². The molecule has 0 bridgehead atoms. The van der Waals surface area contributed by atoms with Gasteiger partial charge in [-0.05, 0) is 23.7 Å². The monoisotopic (exact) mass is 288 g/mol. The molecular weight excluding hydrogens is 278 g/mol. The number of ether oxygens (including phenoxy) is 1. The summed E-state index contributed by atoms with van der Waals surface area (Å²) >= 11 is 0. The van der Waals surface area contributed by atoms with Crippen molar-refractivity contribution in [3.05, 3.63) is 46.1 Å². The van der Waals surface area contributed by atoms with E-state index in [0.29, 0.717) is 18.4 Å². The second-order valence-electron chi connectivity index (χ2n) is 4.06. The fourth-order valence-corrected chi connectivity index (χ4v) is 1.35. The van der Waals surface area contributed by atoms with Crippen LogP contribution in [0.15, 0.2) is 28.6 Å². The first kappa shape index (κ1) is 15.1. The largest absolute Gasteiger partial charge is 2.00 e. The van der Waals surface area contributed by atoms with Gasteiger partial charge in [-0.2, -0.15) is 0 Å². The maximum atomic E-state index is 5.42. The van der Waals surface area contributed by atoms with Crippen molar-refractivity contribution in [3.8, 4) is 23.7 Å². The Morgan fingerprint density at radius 1 is 1.26 bits per heavy atom. The second kappa shape index (κ2) is 7.48. The van der Waals surface area contributed by atoms with Gasteiger partial charge in [0.15, 0.2) is 0 Å². The minimum Gasteiger partial charge on any atom is -0.647 e. The van der Waals surface area contributed by atoms with Crippen molar-refractivity contribution in [2.75, 3.05) is 6.61 Å². The van der Waals surface area contributed by atoms with Crippen molar-refractivity contribution in [1.29, 1.82) is 0 Å². The molecule has 2 nitrogen and oxygen atoms in total. The first-order chi connectivity index (χ1) is 8.77. The number of allylic oxidation sites excluding steroid dienone is 3. The van der Waals surface area contributed by atoms with E-state index < -0.39 is 0 Å². The Bertz CT molecular complexity index is 592. The third kappa shape index (κ3) is 4.34. The van der Waals surface area contributed by atoms with Gasteiger partial charge in [-0.25, -0.2) is 5.73 Å². The van der Waals surface area contributed by atoms with E-state index in [0.717, 1.165) is 5.57 Å². The molecule has 19 heavy (non-hydrogen) atoms. The third-order valence-electron chi connectivity index (χ3n) is 2.41. The van der Waals surface area contributed by atoms with Gasteiger partial charge in [0.2, 0.25) is 0 Å². The van der Waals surface area contributed by atoms with Crippen LogP contribution < -0.4 is 0 Å². The first-order valence-corrected chi connectivity index (χ1v) is 5.62. The Kier molecular flexibility index (Phi) is 5.96. The van der Waals surface area contributed by atoms with E-state index in [1.54, 1.807) is 0 Å². The summed E-state index contributed by atoms with van der Waals surface area (Å²) in [6.07, 6.45) is 5.00. The Balaban J connectivity index is 0.000000256. The summed E-state index contributed by atoms with van der Waals surface area (Å²) in [6, 6.07) is 0.270. The van der Waals surface area contributed by atoms with Gasteiger partial charge in [0.05, 0.1) is 12.2 Å². The zero-order chi connectivity index (χ0) is 12.8. The van der Waals surface area contributed by atoms with E-state index in [1.807, 2.05) is 0 Å². The van der Waals surface area contributed by atoms with Crippen molar-refractivity contribution in [1.82, 2.24) is 0 Å². The fourth-order valence-electron chi connectivity index (χ4n) is 1.35. The molecule has 0 saturated carbocycles. The van der Waals surface area contributed by atoms with Crippen LogP contribution in [0.5, 0.6) is 0 Å². The van der Waals surface area contributed by atoms with Crippen molar-refractivity contribution < 1.29 is 21.8 Å². The fraction of sp³-hybridized carbons (Fsp3) is 0.312. The molecule has 93 valence electrons. The molecule has 3 rings (SSSR count). The maximum absolute atomic E-state index is 5.42. The van der Waals surface area contributed by atoms with Gasteiger partial charge in [-0.1, -0.05) is 25.8 Å². The molecule has 3 heteroatoms. The van der Waals surface area contributed by atoms with Gasteiger partial charge < -0.3 is 10.1 Å². The van der Waals surface area contributed by atoms with Crippen LogP contribution >= 0.6 is 0 Å².